The first kappa shape index (κ1) is 19.4. The number of methoxy groups -OCH3 is 1. The van der Waals surface area contributed by atoms with Crippen LogP contribution in [0.3, 0.4) is 0 Å². The van der Waals surface area contributed by atoms with Gasteiger partial charge in [-0.3, -0.25) is 5.10 Å². The van der Waals surface area contributed by atoms with Crippen LogP contribution in [0.1, 0.15) is 23.9 Å². The van der Waals surface area contributed by atoms with Crippen LogP contribution in [0, 0.1) is 13.8 Å². The number of para-hydroxylation sites is 1. The van der Waals surface area contributed by atoms with E-state index in [1.807, 2.05) is 51.1 Å². The van der Waals surface area contributed by atoms with Crippen LogP contribution < -0.4 is 15.4 Å². The van der Waals surface area contributed by atoms with Crippen molar-refractivity contribution in [1.82, 2.24) is 20.3 Å². The molecule has 0 amide bonds. The molecular weight excluding hydrogens is 418 g/mol. The zero-order valence-corrected chi connectivity index (χ0v) is 18.7. The summed E-state index contributed by atoms with van der Waals surface area (Å²) < 4.78 is 11.2. The molecule has 0 radical (unpaired) electrons. The number of benzene rings is 2. The number of aromatic nitrogens is 4. The van der Waals surface area contributed by atoms with Crippen LogP contribution >= 0.6 is 0 Å². The first-order chi connectivity index (χ1) is 16.0. The molecule has 1 aliphatic heterocycles. The fraction of sp³-hybridized carbons (Fsp3) is 0.208. The van der Waals surface area contributed by atoms with E-state index in [-0.39, 0.29) is 6.17 Å². The smallest absolute Gasteiger partial charge is 0.161 e. The molecule has 0 saturated heterocycles. The minimum atomic E-state index is -0.109. The molecule has 1 unspecified atom stereocenters. The van der Waals surface area contributed by atoms with Gasteiger partial charge in [-0.05, 0) is 45.0 Å². The monoisotopic (exact) mass is 441 g/mol. The maximum atomic E-state index is 5.79. The molecule has 3 aromatic heterocycles. The van der Waals surface area contributed by atoms with Gasteiger partial charge in [0.05, 0.1) is 29.4 Å². The highest BCUT2D eigenvalue weighted by Gasteiger charge is 2.26. The highest BCUT2D eigenvalue weighted by atomic mass is 16.5. The van der Waals surface area contributed by atoms with Gasteiger partial charge in [0.25, 0.3) is 0 Å². The Balaban J connectivity index is 1.51. The van der Waals surface area contributed by atoms with E-state index in [0.29, 0.717) is 0 Å². The molecule has 0 bridgehead atoms. The molecule has 6 rings (SSSR count). The minimum absolute atomic E-state index is 0.109. The Kier molecular flexibility index (Phi) is 4.19. The number of rotatable bonds is 3. The van der Waals surface area contributed by atoms with Crippen molar-refractivity contribution >= 4 is 39.3 Å². The lowest BCUT2D eigenvalue weighted by molar-refractivity contribution is 0.393. The number of amidine groups is 1. The Morgan fingerprint density at radius 1 is 1.06 bits per heavy atom. The second kappa shape index (κ2) is 7.13. The van der Waals surface area contributed by atoms with E-state index >= 15 is 0 Å². The lowest BCUT2D eigenvalue weighted by atomic mass is 10.00. The van der Waals surface area contributed by atoms with Gasteiger partial charge in [0.15, 0.2) is 5.82 Å². The lowest BCUT2D eigenvalue weighted by Gasteiger charge is -2.21. The molecule has 9 heteroatoms. The van der Waals surface area contributed by atoms with Crippen LogP contribution in [-0.4, -0.2) is 39.4 Å². The Morgan fingerprint density at radius 3 is 2.70 bits per heavy atom. The summed E-state index contributed by atoms with van der Waals surface area (Å²) in [5.74, 6) is 3.86. The molecule has 0 fully saturated rings. The van der Waals surface area contributed by atoms with Crippen LogP contribution in [0.15, 0.2) is 45.9 Å². The summed E-state index contributed by atoms with van der Waals surface area (Å²) >= 11 is 0. The first-order valence-electron chi connectivity index (χ1n) is 10.7. The average molecular weight is 441 g/mol. The normalized spacial score (nSPS) is 15.4. The molecular formula is C24H23N7O2. The van der Waals surface area contributed by atoms with Crippen LogP contribution in [0.2, 0.25) is 0 Å². The number of H-pyrrole nitrogens is 2. The second-order valence-corrected chi connectivity index (χ2v) is 8.21. The van der Waals surface area contributed by atoms with Gasteiger partial charge in [0, 0.05) is 21.9 Å². The Hall–Kier alpha value is -4.27. The minimum Gasteiger partial charge on any atom is -0.496 e. The molecule has 0 aliphatic carbocycles. The molecule has 0 spiro atoms. The van der Waals surface area contributed by atoms with Gasteiger partial charge in [-0.2, -0.15) is 5.10 Å². The van der Waals surface area contributed by atoms with Gasteiger partial charge in [-0.25, -0.2) is 4.99 Å². The SMILES string of the molecule is COc1cc2c3c([nH]c2cc1-c1c(C)noc1C)NC(C)N=C3Nc1n[nH]c2ccccc12. The number of fused-ring (bicyclic) bond motifs is 4. The number of aryl methyl sites for hydroxylation is 2. The van der Waals surface area contributed by atoms with E-state index in [1.165, 1.54) is 0 Å². The van der Waals surface area contributed by atoms with Crippen LogP contribution in [-0.2, 0) is 0 Å². The molecule has 1 atom stereocenters. The fourth-order valence-electron chi connectivity index (χ4n) is 4.57. The zero-order valence-electron chi connectivity index (χ0n) is 18.7. The molecule has 33 heavy (non-hydrogen) atoms. The summed E-state index contributed by atoms with van der Waals surface area (Å²) in [7, 11) is 1.67. The Labute approximate surface area is 189 Å². The number of aromatic amines is 2. The van der Waals surface area contributed by atoms with E-state index in [1.54, 1.807) is 7.11 Å². The Bertz CT molecular complexity index is 1540. The van der Waals surface area contributed by atoms with Crippen molar-refractivity contribution in [3.63, 3.8) is 0 Å². The predicted molar refractivity (Wildman–Crippen MR) is 129 cm³/mol. The van der Waals surface area contributed by atoms with E-state index < -0.39 is 0 Å². The third kappa shape index (κ3) is 2.96. The zero-order chi connectivity index (χ0) is 22.7. The largest absolute Gasteiger partial charge is 0.496 e. The molecule has 0 saturated carbocycles. The fourth-order valence-corrected chi connectivity index (χ4v) is 4.57. The number of hydrogen-bond donors (Lipinski definition) is 4. The highest BCUT2D eigenvalue weighted by molar-refractivity contribution is 6.21. The number of nitrogens with one attached hydrogen (secondary N) is 4. The van der Waals surface area contributed by atoms with Gasteiger partial charge >= 0.3 is 0 Å². The van der Waals surface area contributed by atoms with Crippen molar-refractivity contribution in [2.75, 3.05) is 17.7 Å². The maximum Gasteiger partial charge on any atom is 0.161 e. The molecule has 2 aromatic carbocycles. The molecule has 5 aromatic rings. The maximum absolute atomic E-state index is 5.79. The number of anilines is 2. The van der Waals surface area contributed by atoms with Gasteiger partial charge in [0.1, 0.15) is 29.3 Å². The predicted octanol–water partition coefficient (Wildman–Crippen LogP) is 4.95. The van der Waals surface area contributed by atoms with Crippen molar-refractivity contribution in [3.05, 3.63) is 53.4 Å². The van der Waals surface area contributed by atoms with E-state index in [0.717, 1.165) is 73.2 Å². The topological polar surface area (TPSA) is 116 Å². The molecule has 1 aliphatic rings. The summed E-state index contributed by atoms with van der Waals surface area (Å²) in [6.07, 6.45) is -0.109. The number of ether oxygens (including phenoxy) is 1. The van der Waals surface area contributed by atoms with Crippen molar-refractivity contribution in [2.24, 2.45) is 4.99 Å². The summed E-state index contributed by atoms with van der Waals surface area (Å²) in [4.78, 5) is 8.36. The van der Waals surface area contributed by atoms with E-state index in [4.69, 9.17) is 14.3 Å². The van der Waals surface area contributed by atoms with Crippen molar-refractivity contribution < 1.29 is 9.26 Å². The molecule has 9 nitrogen and oxygen atoms in total. The lowest BCUT2D eigenvalue weighted by Crippen LogP contribution is -2.27. The molecule has 4 heterocycles. The van der Waals surface area contributed by atoms with E-state index in [2.05, 4.69) is 37.0 Å². The Morgan fingerprint density at radius 2 is 1.91 bits per heavy atom. The van der Waals surface area contributed by atoms with E-state index in [9.17, 15) is 0 Å². The summed E-state index contributed by atoms with van der Waals surface area (Å²) in [5.41, 5.74) is 5.56. The van der Waals surface area contributed by atoms with Crippen molar-refractivity contribution in [2.45, 2.75) is 26.9 Å². The molecule has 4 N–H and O–H groups in total. The third-order valence-corrected chi connectivity index (χ3v) is 6.04. The standard InChI is InChI=1S/C24H23N7O2/c1-11-20(12(2)33-31-11)16-9-18-15(10-19(16)32-4)21-23(27-18)25-13(3)26-24(21)28-22-14-7-5-6-8-17(14)29-30-22/h5-10,13,25,27H,1-4H3,(H2,26,28,29,30). The first-order valence-corrected chi connectivity index (χ1v) is 10.7. The van der Waals surface area contributed by atoms with Gasteiger partial charge in [-0.1, -0.05) is 17.3 Å². The van der Waals surface area contributed by atoms with Crippen LogP contribution in [0.4, 0.5) is 11.6 Å². The van der Waals surface area contributed by atoms with Gasteiger partial charge in [-0.15, -0.1) is 0 Å². The van der Waals surface area contributed by atoms with Crippen molar-refractivity contribution in [3.8, 4) is 16.9 Å². The second-order valence-electron chi connectivity index (χ2n) is 8.21. The number of aliphatic imine (C=N–C) groups is 1. The van der Waals surface area contributed by atoms with Gasteiger partial charge < -0.3 is 24.9 Å². The summed E-state index contributed by atoms with van der Waals surface area (Å²) in [6.45, 7) is 5.85. The van der Waals surface area contributed by atoms with Crippen LogP contribution in [0.25, 0.3) is 32.9 Å². The highest BCUT2D eigenvalue weighted by Crippen LogP contribution is 2.41. The summed E-state index contributed by atoms with van der Waals surface area (Å²) in [6, 6.07) is 12.1. The quantitative estimate of drug-likeness (QED) is 0.315. The van der Waals surface area contributed by atoms with Gasteiger partial charge in [0.2, 0.25) is 0 Å². The third-order valence-electron chi connectivity index (χ3n) is 6.04. The molecule has 166 valence electrons. The average Bonchev–Trinajstić information content (AvgIpc) is 3.47. The number of hydrogen-bond acceptors (Lipinski definition) is 7. The summed E-state index contributed by atoms with van der Waals surface area (Å²) in [5, 5.41) is 20.5. The van der Waals surface area contributed by atoms with Crippen LogP contribution in [0.5, 0.6) is 5.75 Å². The number of nitrogens with zero attached hydrogens (tertiary/aromatic N) is 3. The van der Waals surface area contributed by atoms with Crippen molar-refractivity contribution in [1.29, 1.82) is 0 Å².